The van der Waals surface area contributed by atoms with Crippen molar-refractivity contribution in [3.63, 3.8) is 0 Å². The van der Waals surface area contributed by atoms with Gasteiger partial charge in [-0.2, -0.15) is 0 Å². The average Bonchev–Trinajstić information content (AvgIpc) is 3.52. The molecule has 0 unspecified atom stereocenters. The van der Waals surface area contributed by atoms with Gasteiger partial charge in [-0.3, -0.25) is 9.52 Å². The number of nitrogens with one attached hydrogen (secondary N) is 2. The summed E-state index contributed by atoms with van der Waals surface area (Å²) in [4.78, 5) is 12.7. The molecule has 9 heteroatoms. The van der Waals surface area contributed by atoms with Gasteiger partial charge in [0.1, 0.15) is 17.2 Å². The van der Waals surface area contributed by atoms with Crippen molar-refractivity contribution in [2.24, 2.45) is 0 Å². The SMILES string of the molecule is CNC(=O)c1c(-c2ccc(F)cc2)oc2cc(NS(=O)(=O)CCCO)c(C3CC3)cc12. The van der Waals surface area contributed by atoms with Crippen LogP contribution in [0.3, 0.4) is 0 Å². The van der Waals surface area contributed by atoms with E-state index >= 15 is 0 Å². The van der Waals surface area contributed by atoms with Crippen molar-refractivity contribution < 1.29 is 27.1 Å². The second-order valence-electron chi connectivity index (χ2n) is 7.60. The van der Waals surface area contributed by atoms with Gasteiger partial charge in [0, 0.05) is 30.7 Å². The lowest BCUT2D eigenvalue weighted by Gasteiger charge is -2.12. The summed E-state index contributed by atoms with van der Waals surface area (Å²) in [5.41, 5.74) is 2.42. The fraction of sp³-hybridized carbons (Fsp3) is 0.318. The van der Waals surface area contributed by atoms with Gasteiger partial charge in [0.05, 0.1) is 17.0 Å². The smallest absolute Gasteiger partial charge is 0.255 e. The summed E-state index contributed by atoms with van der Waals surface area (Å²) in [6.45, 7) is -0.218. The van der Waals surface area contributed by atoms with Crippen molar-refractivity contribution in [2.45, 2.75) is 25.2 Å². The number of amides is 1. The molecule has 1 aliphatic rings. The van der Waals surface area contributed by atoms with Crippen LogP contribution in [-0.4, -0.2) is 38.8 Å². The molecule has 0 aliphatic heterocycles. The topological polar surface area (TPSA) is 109 Å². The normalized spacial score (nSPS) is 14.0. The van der Waals surface area contributed by atoms with E-state index in [1.54, 1.807) is 12.1 Å². The highest BCUT2D eigenvalue weighted by atomic mass is 32.2. The Hall–Kier alpha value is -2.91. The molecule has 0 spiro atoms. The fourth-order valence-corrected chi connectivity index (χ4v) is 4.73. The monoisotopic (exact) mass is 446 g/mol. The molecule has 1 amide bonds. The minimum absolute atomic E-state index is 0.132. The number of carbonyl (C=O) groups is 1. The summed E-state index contributed by atoms with van der Waals surface area (Å²) in [6, 6.07) is 9.02. The van der Waals surface area contributed by atoms with Gasteiger partial charge in [-0.15, -0.1) is 0 Å². The third-order valence-corrected chi connectivity index (χ3v) is 6.63. The summed E-state index contributed by atoms with van der Waals surface area (Å²) >= 11 is 0. The van der Waals surface area contributed by atoms with Gasteiger partial charge < -0.3 is 14.8 Å². The first kappa shape index (κ1) is 21.3. The molecule has 1 aliphatic carbocycles. The van der Waals surface area contributed by atoms with E-state index in [4.69, 9.17) is 9.52 Å². The molecule has 1 fully saturated rings. The fourth-order valence-electron chi connectivity index (χ4n) is 3.61. The predicted molar refractivity (Wildman–Crippen MR) is 116 cm³/mol. The van der Waals surface area contributed by atoms with Crippen LogP contribution in [0.25, 0.3) is 22.3 Å². The number of aliphatic hydroxyl groups excluding tert-OH is 1. The molecule has 3 aromatic rings. The van der Waals surface area contributed by atoms with Crippen LogP contribution in [0.4, 0.5) is 10.1 Å². The van der Waals surface area contributed by atoms with Crippen LogP contribution in [0.15, 0.2) is 40.8 Å². The number of hydrogen-bond acceptors (Lipinski definition) is 5. The third kappa shape index (κ3) is 4.42. The van der Waals surface area contributed by atoms with Gasteiger partial charge in [0.15, 0.2) is 0 Å². The molecule has 164 valence electrons. The van der Waals surface area contributed by atoms with Gasteiger partial charge in [-0.25, -0.2) is 12.8 Å². The Morgan fingerprint density at radius 2 is 1.94 bits per heavy atom. The average molecular weight is 447 g/mol. The zero-order valence-corrected chi connectivity index (χ0v) is 17.8. The summed E-state index contributed by atoms with van der Waals surface area (Å²) in [7, 11) is -2.13. The second kappa shape index (κ2) is 8.32. The third-order valence-electron chi connectivity index (χ3n) is 5.27. The highest BCUT2D eigenvalue weighted by Crippen LogP contribution is 2.46. The first-order valence-electron chi connectivity index (χ1n) is 10.0. The van der Waals surface area contributed by atoms with Gasteiger partial charge in [0.2, 0.25) is 10.0 Å². The largest absolute Gasteiger partial charge is 0.455 e. The molecule has 0 bridgehead atoms. The summed E-state index contributed by atoms with van der Waals surface area (Å²) in [5, 5.41) is 12.1. The second-order valence-corrected chi connectivity index (χ2v) is 9.44. The Morgan fingerprint density at radius 3 is 2.55 bits per heavy atom. The molecule has 4 rings (SSSR count). The maximum Gasteiger partial charge on any atom is 0.255 e. The van der Waals surface area contributed by atoms with Crippen LogP contribution >= 0.6 is 0 Å². The highest BCUT2D eigenvalue weighted by Gasteiger charge is 2.30. The number of fused-ring (bicyclic) bond motifs is 1. The molecule has 0 saturated heterocycles. The van der Waals surface area contributed by atoms with Gasteiger partial charge in [0.25, 0.3) is 5.91 Å². The zero-order valence-electron chi connectivity index (χ0n) is 16.9. The number of rotatable bonds is 8. The Bertz CT molecular complexity index is 1230. The van der Waals surface area contributed by atoms with E-state index in [-0.39, 0.29) is 36.4 Å². The number of carbonyl (C=O) groups excluding carboxylic acids is 1. The lowest BCUT2D eigenvalue weighted by Crippen LogP contribution is -2.19. The minimum atomic E-state index is -3.65. The van der Waals surface area contributed by atoms with Crippen molar-refractivity contribution >= 4 is 32.6 Å². The number of sulfonamides is 1. The van der Waals surface area contributed by atoms with E-state index in [1.165, 1.54) is 31.3 Å². The summed E-state index contributed by atoms with van der Waals surface area (Å²) in [5.74, 6) is -0.472. The molecular weight excluding hydrogens is 423 g/mol. The summed E-state index contributed by atoms with van der Waals surface area (Å²) < 4.78 is 46.8. The first-order chi connectivity index (χ1) is 14.8. The molecule has 31 heavy (non-hydrogen) atoms. The van der Waals surface area contributed by atoms with E-state index in [2.05, 4.69) is 10.0 Å². The standard InChI is InChI=1S/C22H23FN2O5S/c1-24-22(27)20-17-11-16(13-3-4-13)18(25-31(28,29)10-2-9-26)12-19(17)30-21(20)14-5-7-15(23)8-6-14/h5-8,11-13,25-26H,2-4,9-10H2,1H3,(H,24,27). The number of hydrogen-bond donors (Lipinski definition) is 3. The molecule has 3 N–H and O–H groups in total. The zero-order chi connectivity index (χ0) is 22.2. The van der Waals surface area contributed by atoms with Crippen molar-refractivity contribution in [3.05, 3.63) is 53.3 Å². The first-order valence-corrected chi connectivity index (χ1v) is 11.7. The predicted octanol–water partition coefficient (Wildman–Crippen LogP) is 3.60. The van der Waals surface area contributed by atoms with Crippen LogP contribution in [-0.2, 0) is 10.0 Å². The van der Waals surface area contributed by atoms with E-state index in [1.807, 2.05) is 0 Å². The van der Waals surface area contributed by atoms with Gasteiger partial charge in [-0.1, -0.05) is 0 Å². The van der Waals surface area contributed by atoms with Crippen LogP contribution in [0, 0.1) is 5.82 Å². The van der Waals surface area contributed by atoms with E-state index in [0.717, 1.165) is 18.4 Å². The number of halogens is 1. The van der Waals surface area contributed by atoms with Crippen LogP contribution in [0.2, 0.25) is 0 Å². The van der Waals surface area contributed by atoms with Crippen LogP contribution in [0.5, 0.6) is 0 Å². The van der Waals surface area contributed by atoms with Crippen molar-refractivity contribution in [3.8, 4) is 11.3 Å². The summed E-state index contributed by atoms with van der Waals surface area (Å²) in [6.07, 6.45) is 1.98. The number of anilines is 1. The van der Waals surface area contributed by atoms with Crippen molar-refractivity contribution in [2.75, 3.05) is 24.1 Å². The van der Waals surface area contributed by atoms with E-state index < -0.39 is 15.8 Å². The Balaban J connectivity index is 1.87. The molecule has 1 saturated carbocycles. The molecular formula is C22H23FN2O5S. The molecule has 7 nitrogen and oxygen atoms in total. The molecule has 2 aromatic carbocycles. The molecule has 0 radical (unpaired) electrons. The van der Waals surface area contributed by atoms with Gasteiger partial charge >= 0.3 is 0 Å². The number of benzene rings is 2. The molecule has 0 atom stereocenters. The number of furan rings is 1. The lowest BCUT2D eigenvalue weighted by atomic mass is 10.0. The quantitative estimate of drug-likeness (QED) is 0.490. The van der Waals surface area contributed by atoms with Crippen LogP contribution < -0.4 is 10.0 Å². The lowest BCUT2D eigenvalue weighted by molar-refractivity contribution is 0.0964. The number of aliphatic hydroxyl groups is 1. The van der Waals surface area contributed by atoms with Crippen LogP contribution in [0.1, 0.15) is 41.1 Å². The van der Waals surface area contributed by atoms with Gasteiger partial charge in [-0.05, 0) is 61.1 Å². The van der Waals surface area contributed by atoms with Crippen molar-refractivity contribution in [1.29, 1.82) is 0 Å². The maximum absolute atomic E-state index is 13.4. The molecule has 1 aromatic heterocycles. The Kier molecular flexibility index (Phi) is 5.72. The minimum Gasteiger partial charge on any atom is -0.455 e. The molecule has 1 heterocycles. The van der Waals surface area contributed by atoms with Crippen molar-refractivity contribution in [1.82, 2.24) is 5.32 Å². The highest BCUT2D eigenvalue weighted by molar-refractivity contribution is 7.92. The van der Waals surface area contributed by atoms with E-state index in [9.17, 15) is 17.6 Å². The Labute approximate surface area is 179 Å². The van der Waals surface area contributed by atoms with E-state index in [0.29, 0.717) is 27.8 Å². The maximum atomic E-state index is 13.4. The Morgan fingerprint density at radius 1 is 1.23 bits per heavy atom.